The zero-order valence-corrected chi connectivity index (χ0v) is 9.63. The average molecular weight is 207 g/mol. The maximum Gasteiger partial charge on any atom is 0.120 e. The predicted molar refractivity (Wildman–Crippen MR) is 64.9 cm³/mol. The molecule has 0 aromatic heterocycles. The Morgan fingerprint density at radius 1 is 1.40 bits per heavy atom. The summed E-state index contributed by atoms with van der Waals surface area (Å²) in [7, 11) is 1.86. The molecule has 0 amide bonds. The summed E-state index contributed by atoms with van der Waals surface area (Å²) in [4.78, 5) is 1.83. The minimum absolute atomic E-state index is 0.412. The second-order valence-electron chi connectivity index (χ2n) is 3.14. The fourth-order valence-electron chi connectivity index (χ4n) is 1.02. The standard InChI is InChI=1S/C13H18FN/c1-6-8-9-13(7-2)15(5)10-11(3)12(4)14/h6-10H,1,4H2,2-3,5H3/b9-8-,11-10-,13-7+. The largest absolute Gasteiger partial charge is 0.351 e. The van der Waals surface area contributed by atoms with Gasteiger partial charge in [-0.25, -0.2) is 4.39 Å². The van der Waals surface area contributed by atoms with E-state index in [4.69, 9.17) is 0 Å². The van der Waals surface area contributed by atoms with Crippen LogP contribution in [0.3, 0.4) is 0 Å². The first-order chi connectivity index (χ1) is 7.02. The summed E-state index contributed by atoms with van der Waals surface area (Å²) in [6.07, 6.45) is 9.06. The van der Waals surface area contributed by atoms with Crippen LogP contribution < -0.4 is 0 Å². The van der Waals surface area contributed by atoms with Crippen LogP contribution in [0, 0.1) is 0 Å². The Kier molecular flexibility index (Phi) is 6.11. The van der Waals surface area contributed by atoms with E-state index in [0.29, 0.717) is 5.57 Å². The number of hydrogen-bond donors (Lipinski definition) is 0. The Morgan fingerprint density at radius 3 is 2.40 bits per heavy atom. The van der Waals surface area contributed by atoms with Crippen LogP contribution >= 0.6 is 0 Å². The Bertz CT molecular complexity index is 321. The lowest BCUT2D eigenvalue weighted by molar-refractivity contribution is 0.571. The maximum atomic E-state index is 12.7. The zero-order chi connectivity index (χ0) is 11.8. The fourth-order valence-corrected chi connectivity index (χ4v) is 1.02. The highest BCUT2D eigenvalue weighted by Crippen LogP contribution is 2.12. The third-order valence-corrected chi connectivity index (χ3v) is 1.92. The van der Waals surface area contributed by atoms with Gasteiger partial charge in [0.1, 0.15) is 5.83 Å². The maximum absolute atomic E-state index is 12.7. The van der Waals surface area contributed by atoms with Crippen molar-refractivity contribution in [2.24, 2.45) is 0 Å². The van der Waals surface area contributed by atoms with Crippen LogP contribution in [0.5, 0.6) is 0 Å². The summed E-state index contributed by atoms with van der Waals surface area (Å²) in [6, 6.07) is 0. The van der Waals surface area contributed by atoms with Crippen LogP contribution in [0.25, 0.3) is 0 Å². The summed E-state index contributed by atoms with van der Waals surface area (Å²) in [5, 5.41) is 0. The molecule has 1 nitrogen and oxygen atoms in total. The SMILES string of the molecule is C=C/C=C\C(=C/C)N(C)/C=C(/C)C(=C)F. The highest BCUT2D eigenvalue weighted by atomic mass is 19.1. The number of halogens is 1. The summed E-state index contributed by atoms with van der Waals surface area (Å²) in [5.74, 6) is -0.412. The molecular formula is C13H18FN. The molecule has 0 aromatic rings. The molecule has 0 spiro atoms. The van der Waals surface area contributed by atoms with E-state index in [1.54, 1.807) is 19.2 Å². The normalized spacial score (nSPS) is 13.1. The van der Waals surface area contributed by atoms with Gasteiger partial charge in [-0.05, 0) is 19.9 Å². The molecule has 0 radical (unpaired) electrons. The average Bonchev–Trinajstić information content (AvgIpc) is 2.18. The van der Waals surface area contributed by atoms with E-state index < -0.39 is 5.83 Å². The van der Waals surface area contributed by atoms with Crippen molar-refractivity contribution < 1.29 is 4.39 Å². The van der Waals surface area contributed by atoms with E-state index in [-0.39, 0.29) is 0 Å². The van der Waals surface area contributed by atoms with Gasteiger partial charge in [0, 0.05) is 24.5 Å². The summed E-state index contributed by atoms with van der Waals surface area (Å²) >= 11 is 0. The zero-order valence-electron chi connectivity index (χ0n) is 9.63. The van der Waals surface area contributed by atoms with E-state index in [0.717, 1.165) is 5.70 Å². The molecule has 0 rings (SSSR count). The number of likely N-dealkylation sites (N-methyl/N-ethyl adjacent to an activating group) is 1. The molecule has 0 aliphatic carbocycles. The van der Waals surface area contributed by atoms with E-state index in [1.165, 1.54) is 0 Å². The molecule has 0 heterocycles. The van der Waals surface area contributed by atoms with Crippen LogP contribution in [0.4, 0.5) is 4.39 Å². The second kappa shape index (κ2) is 6.82. The Balaban J connectivity index is 4.75. The molecular weight excluding hydrogens is 189 g/mol. The second-order valence-corrected chi connectivity index (χ2v) is 3.14. The van der Waals surface area contributed by atoms with Crippen molar-refractivity contribution in [1.29, 1.82) is 0 Å². The van der Waals surface area contributed by atoms with Crippen molar-refractivity contribution >= 4 is 0 Å². The fraction of sp³-hybridized carbons (Fsp3) is 0.231. The van der Waals surface area contributed by atoms with Gasteiger partial charge in [-0.1, -0.05) is 31.4 Å². The van der Waals surface area contributed by atoms with Crippen LogP contribution in [0.1, 0.15) is 13.8 Å². The van der Waals surface area contributed by atoms with E-state index in [9.17, 15) is 4.39 Å². The lowest BCUT2D eigenvalue weighted by atomic mass is 10.2. The van der Waals surface area contributed by atoms with Crippen molar-refractivity contribution in [2.75, 3.05) is 7.05 Å². The van der Waals surface area contributed by atoms with Crippen molar-refractivity contribution in [3.63, 3.8) is 0 Å². The molecule has 0 saturated carbocycles. The van der Waals surface area contributed by atoms with E-state index >= 15 is 0 Å². The first-order valence-electron chi connectivity index (χ1n) is 4.74. The van der Waals surface area contributed by atoms with Gasteiger partial charge in [0.05, 0.1) is 0 Å². The predicted octanol–water partition coefficient (Wildman–Crippen LogP) is 3.95. The lowest BCUT2D eigenvalue weighted by Crippen LogP contribution is -2.09. The van der Waals surface area contributed by atoms with Gasteiger partial charge in [-0.2, -0.15) is 0 Å². The molecule has 0 aromatic carbocycles. The number of nitrogens with zero attached hydrogens (tertiary/aromatic N) is 1. The monoisotopic (exact) mass is 207 g/mol. The number of allylic oxidation sites excluding steroid dienone is 6. The minimum atomic E-state index is -0.412. The highest BCUT2D eigenvalue weighted by molar-refractivity contribution is 5.25. The molecule has 0 aliphatic heterocycles. The molecule has 15 heavy (non-hydrogen) atoms. The molecule has 0 atom stereocenters. The summed E-state index contributed by atoms with van der Waals surface area (Å²) in [5.41, 5.74) is 1.49. The van der Waals surface area contributed by atoms with Gasteiger partial charge in [0.15, 0.2) is 0 Å². The number of rotatable bonds is 5. The van der Waals surface area contributed by atoms with Crippen LogP contribution in [0.2, 0.25) is 0 Å². The van der Waals surface area contributed by atoms with Gasteiger partial charge < -0.3 is 4.90 Å². The molecule has 82 valence electrons. The van der Waals surface area contributed by atoms with Crippen LogP contribution in [0.15, 0.2) is 60.8 Å². The highest BCUT2D eigenvalue weighted by Gasteiger charge is 1.99. The summed E-state index contributed by atoms with van der Waals surface area (Å²) < 4.78 is 12.7. The Labute approximate surface area is 91.6 Å². The first-order valence-corrected chi connectivity index (χ1v) is 4.74. The molecule has 0 N–H and O–H groups in total. The van der Waals surface area contributed by atoms with Gasteiger partial charge >= 0.3 is 0 Å². The van der Waals surface area contributed by atoms with Crippen LogP contribution in [-0.4, -0.2) is 11.9 Å². The molecule has 0 fully saturated rings. The molecule has 2 heteroatoms. The van der Waals surface area contributed by atoms with Crippen molar-refractivity contribution in [3.8, 4) is 0 Å². The number of hydrogen-bond acceptors (Lipinski definition) is 1. The molecule has 0 aliphatic rings. The topological polar surface area (TPSA) is 3.24 Å². The van der Waals surface area contributed by atoms with Gasteiger partial charge in [0.25, 0.3) is 0 Å². The lowest BCUT2D eigenvalue weighted by Gasteiger charge is -2.16. The Morgan fingerprint density at radius 2 is 2.00 bits per heavy atom. The molecule has 0 unspecified atom stereocenters. The van der Waals surface area contributed by atoms with Gasteiger partial charge in [-0.15, -0.1) is 0 Å². The van der Waals surface area contributed by atoms with Crippen molar-refractivity contribution in [2.45, 2.75) is 13.8 Å². The quantitative estimate of drug-likeness (QED) is 0.617. The van der Waals surface area contributed by atoms with Gasteiger partial charge in [0.2, 0.25) is 0 Å². The summed E-state index contributed by atoms with van der Waals surface area (Å²) in [6.45, 7) is 10.4. The van der Waals surface area contributed by atoms with E-state index in [2.05, 4.69) is 13.2 Å². The minimum Gasteiger partial charge on any atom is -0.351 e. The molecule has 0 saturated heterocycles. The van der Waals surface area contributed by atoms with E-state index in [1.807, 2.05) is 37.1 Å². The van der Waals surface area contributed by atoms with Crippen molar-refractivity contribution in [3.05, 3.63) is 60.8 Å². The first kappa shape index (κ1) is 13.4. The third-order valence-electron chi connectivity index (χ3n) is 1.92. The smallest absolute Gasteiger partial charge is 0.120 e. The van der Waals surface area contributed by atoms with Crippen LogP contribution in [-0.2, 0) is 0 Å². The molecule has 0 bridgehead atoms. The van der Waals surface area contributed by atoms with Crippen molar-refractivity contribution in [1.82, 2.24) is 4.90 Å². The third kappa shape index (κ3) is 5.01. The Hall–Kier alpha value is -1.57. The van der Waals surface area contributed by atoms with Gasteiger partial charge in [-0.3, -0.25) is 0 Å².